The van der Waals surface area contributed by atoms with Crippen molar-refractivity contribution in [2.75, 3.05) is 11.9 Å². The Balaban J connectivity index is 2.00. The first-order valence-corrected chi connectivity index (χ1v) is 7.02. The molecule has 1 aromatic carbocycles. The van der Waals surface area contributed by atoms with E-state index in [-0.39, 0.29) is 5.97 Å². The highest BCUT2D eigenvalue weighted by Crippen LogP contribution is 2.15. The number of carbonyl (C=O) groups excluding carboxylic acids is 1. The molecule has 19 heavy (non-hydrogen) atoms. The summed E-state index contributed by atoms with van der Waals surface area (Å²) in [5, 5.41) is 3.21. The summed E-state index contributed by atoms with van der Waals surface area (Å²) in [6.07, 6.45) is 0. The van der Waals surface area contributed by atoms with Crippen molar-refractivity contribution in [1.82, 2.24) is 0 Å². The minimum Gasteiger partial charge on any atom is -0.462 e. The lowest BCUT2D eigenvalue weighted by atomic mass is 10.2. The molecule has 2 rings (SSSR count). The van der Waals surface area contributed by atoms with Gasteiger partial charge in [-0.3, -0.25) is 0 Å². The number of nitrogens with one attached hydrogen (secondary N) is 1. The Bertz CT molecular complexity index is 565. The monoisotopic (exact) mass is 371 g/mol. The summed E-state index contributed by atoms with van der Waals surface area (Å²) in [5.74, 6) is 0.546. The van der Waals surface area contributed by atoms with E-state index in [0.29, 0.717) is 18.7 Å². The molecule has 5 heteroatoms. The topological polar surface area (TPSA) is 51.5 Å². The van der Waals surface area contributed by atoms with Gasteiger partial charge in [0.2, 0.25) is 0 Å². The third kappa shape index (κ3) is 3.99. The van der Waals surface area contributed by atoms with Crippen LogP contribution in [0.3, 0.4) is 0 Å². The molecule has 1 N–H and O–H groups in total. The predicted octanol–water partition coefficient (Wildman–Crippen LogP) is 3.67. The SMILES string of the molecule is CCOC(=O)c1cccc(NCc2ccc(I)o2)c1. The van der Waals surface area contributed by atoms with E-state index in [1.807, 2.05) is 24.3 Å². The highest BCUT2D eigenvalue weighted by atomic mass is 127. The van der Waals surface area contributed by atoms with Crippen molar-refractivity contribution in [2.45, 2.75) is 13.5 Å². The van der Waals surface area contributed by atoms with E-state index in [2.05, 4.69) is 27.9 Å². The minimum absolute atomic E-state index is 0.307. The number of anilines is 1. The summed E-state index contributed by atoms with van der Waals surface area (Å²) >= 11 is 2.12. The van der Waals surface area contributed by atoms with Crippen molar-refractivity contribution in [3.8, 4) is 0 Å². The zero-order valence-corrected chi connectivity index (χ0v) is 12.6. The van der Waals surface area contributed by atoms with Gasteiger partial charge in [0.25, 0.3) is 0 Å². The van der Waals surface area contributed by atoms with E-state index in [1.165, 1.54) is 0 Å². The number of rotatable bonds is 5. The average molecular weight is 371 g/mol. The van der Waals surface area contributed by atoms with Crippen LogP contribution in [-0.2, 0) is 11.3 Å². The van der Waals surface area contributed by atoms with Crippen molar-refractivity contribution < 1.29 is 13.9 Å². The quantitative estimate of drug-likeness (QED) is 0.644. The van der Waals surface area contributed by atoms with Gasteiger partial charge in [-0.1, -0.05) is 6.07 Å². The van der Waals surface area contributed by atoms with E-state index >= 15 is 0 Å². The molecule has 1 heterocycles. The summed E-state index contributed by atoms with van der Waals surface area (Å²) in [6, 6.07) is 11.1. The molecule has 4 nitrogen and oxygen atoms in total. The molecule has 100 valence electrons. The van der Waals surface area contributed by atoms with Crippen LogP contribution >= 0.6 is 22.6 Å². The second-order valence-electron chi connectivity index (χ2n) is 3.86. The van der Waals surface area contributed by atoms with Gasteiger partial charge < -0.3 is 14.5 Å². The van der Waals surface area contributed by atoms with Crippen molar-refractivity contribution >= 4 is 34.2 Å². The largest absolute Gasteiger partial charge is 0.462 e. The third-order valence-corrected chi connectivity index (χ3v) is 3.05. The van der Waals surface area contributed by atoms with E-state index < -0.39 is 0 Å². The Hall–Kier alpha value is -1.50. The van der Waals surface area contributed by atoms with Gasteiger partial charge in [0.15, 0.2) is 3.77 Å². The van der Waals surface area contributed by atoms with E-state index in [1.54, 1.807) is 19.1 Å². The molecule has 0 atom stereocenters. The van der Waals surface area contributed by atoms with Gasteiger partial charge in [-0.05, 0) is 59.8 Å². The van der Waals surface area contributed by atoms with Gasteiger partial charge in [-0.15, -0.1) is 0 Å². The van der Waals surface area contributed by atoms with Crippen LogP contribution in [-0.4, -0.2) is 12.6 Å². The molecule has 0 spiro atoms. The molecule has 0 aliphatic carbocycles. The van der Waals surface area contributed by atoms with Gasteiger partial charge in [-0.25, -0.2) is 4.79 Å². The number of carbonyl (C=O) groups is 1. The molecule has 1 aromatic heterocycles. The molecule has 0 aliphatic rings. The lowest BCUT2D eigenvalue weighted by molar-refractivity contribution is 0.0526. The number of halogens is 1. The zero-order valence-electron chi connectivity index (χ0n) is 10.5. The fraction of sp³-hybridized carbons (Fsp3) is 0.214. The summed E-state index contributed by atoms with van der Waals surface area (Å²) in [4.78, 5) is 11.6. The summed E-state index contributed by atoms with van der Waals surface area (Å²) in [7, 11) is 0. The fourth-order valence-electron chi connectivity index (χ4n) is 1.61. The summed E-state index contributed by atoms with van der Waals surface area (Å²) in [6.45, 7) is 2.75. The first-order chi connectivity index (χ1) is 9.19. The second-order valence-corrected chi connectivity index (χ2v) is 4.92. The van der Waals surface area contributed by atoms with Crippen LogP contribution in [0.25, 0.3) is 0 Å². The van der Waals surface area contributed by atoms with Crippen LogP contribution in [0.15, 0.2) is 40.8 Å². The summed E-state index contributed by atoms with van der Waals surface area (Å²) in [5.41, 5.74) is 1.40. The highest BCUT2D eigenvalue weighted by Gasteiger charge is 2.07. The lowest BCUT2D eigenvalue weighted by Gasteiger charge is -2.06. The number of esters is 1. The molecular formula is C14H14INO3. The van der Waals surface area contributed by atoms with Gasteiger partial charge in [-0.2, -0.15) is 0 Å². The van der Waals surface area contributed by atoms with Crippen LogP contribution in [0.1, 0.15) is 23.0 Å². The number of ether oxygens (including phenoxy) is 1. The standard InChI is InChI=1S/C14H14INO3/c1-2-18-14(17)10-4-3-5-11(8-10)16-9-12-6-7-13(15)19-12/h3-8,16H,2,9H2,1H3. The summed E-state index contributed by atoms with van der Waals surface area (Å²) < 4.78 is 11.3. The fourth-order valence-corrected chi connectivity index (χ4v) is 2.07. The maximum atomic E-state index is 11.6. The van der Waals surface area contributed by atoms with Crippen molar-refractivity contribution in [1.29, 1.82) is 0 Å². The maximum absolute atomic E-state index is 11.6. The van der Waals surface area contributed by atoms with Gasteiger partial charge in [0, 0.05) is 5.69 Å². The van der Waals surface area contributed by atoms with Crippen LogP contribution in [0.5, 0.6) is 0 Å². The van der Waals surface area contributed by atoms with Crippen LogP contribution < -0.4 is 5.32 Å². The normalized spacial score (nSPS) is 10.2. The van der Waals surface area contributed by atoms with E-state index in [9.17, 15) is 4.79 Å². The molecule has 0 amide bonds. The molecule has 0 saturated carbocycles. The molecule has 0 aliphatic heterocycles. The molecular weight excluding hydrogens is 357 g/mol. The predicted molar refractivity (Wildman–Crippen MR) is 81.2 cm³/mol. The van der Waals surface area contributed by atoms with Gasteiger partial charge in [0.05, 0.1) is 18.7 Å². The Kier molecular flexibility index (Phi) is 4.84. The van der Waals surface area contributed by atoms with E-state index in [4.69, 9.17) is 9.15 Å². The number of benzene rings is 1. The highest BCUT2D eigenvalue weighted by molar-refractivity contribution is 14.1. The van der Waals surface area contributed by atoms with Crippen LogP contribution in [0.2, 0.25) is 0 Å². The van der Waals surface area contributed by atoms with E-state index in [0.717, 1.165) is 15.2 Å². The molecule has 2 aromatic rings. The maximum Gasteiger partial charge on any atom is 0.338 e. The van der Waals surface area contributed by atoms with Crippen molar-refractivity contribution in [2.24, 2.45) is 0 Å². The number of furan rings is 1. The lowest BCUT2D eigenvalue weighted by Crippen LogP contribution is -2.05. The van der Waals surface area contributed by atoms with Crippen LogP contribution in [0.4, 0.5) is 5.69 Å². The zero-order chi connectivity index (χ0) is 13.7. The Morgan fingerprint density at radius 3 is 2.89 bits per heavy atom. The number of hydrogen-bond acceptors (Lipinski definition) is 4. The number of hydrogen-bond donors (Lipinski definition) is 1. The Labute approximate surface area is 125 Å². The first-order valence-electron chi connectivity index (χ1n) is 5.94. The van der Waals surface area contributed by atoms with Crippen molar-refractivity contribution in [3.63, 3.8) is 0 Å². The molecule has 0 bridgehead atoms. The van der Waals surface area contributed by atoms with Crippen molar-refractivity contribution in [3.05, 3.63) is 51.5 Å². The third-order valence-electron chi connectivity index (χ3n) is 2.47. The van der Waals surface area contributed by atoms with Crippen LogP contribution in [0, 0.1) is 3.77 Å². The second kappa shape index (κ2) is 6.60. The Morgan fingerprint density at radius 2 is 2.21 bits per heavy atom. The smallest absolute Gasteiger partial charge is 0.338 e. The molecule has 0 fully saturated rings. The van der Waals surface area contributed by atoms with Gasteiger partial charge in [0.1, 0.15) is 5.76 Å². The molecule has 0 saturated heterocycles. The first kappa shape index (κ1) is 13.9. The van der Waals surface area contributed by atoms with Gasteiger partial charge >= 0.3 is 5.97 Å². The average Bonchev–Trinajstić information content (AvgIpc) is 2.83. The minimum atomic E-state index is -0.307. The molecule has 0 unspecified atom stereocenters. The Morgan fingerprint density at radius 1 is 1.37 bits per heavy atom. The molecule has 0 radical (unpaired) electrons.